The summed E-state index contributed by atoms with van der Waals surface area (Å²) in [5, 5.41) is 0. The highest BCUT2D eigenvalue weighted by atomic mass is 15.1. The Morgan fingerprint density at radius 3 is 1.79 bits per heavy atom. The highest BCUT2D eigenvalue weighted by molar-refractivity contribution is 5.66. The molecule has 0 unspecified atom stereocenters. The van der Waals surface area contributed by atoms with Crippen LogP contribution in [0.4, 0.5) is 5.69 Å². The lowest BCUT2D eigenvalue weighted by Gasteiger charge is -2.14. The first-order chi connectivity index (χ1) is 9.24. The summed E-state index contributed by atoms with van der Waals surface area (Å²) in [5.74, 6) is 1.49. The van der Waals surface area contributed by atoms with E-state index < -0.39 is 0 Å². The molecule has 0 bridgehead atoms. The predicted octanol–water partition coefficient (Wildman–Crippen LogP) is 1.93. The lowest BCUT2D eigenvalue weighted by molar-refractivity contribution is 1.11. The molecule has 0 aliphatic carbocycles. The fourth-order valence-corrected chi connectivity index (χ4v) is 1.83. The van der Waals surface area contributed by atoms with Crippen LogP contribution in [-0.4, -0.2) is 39.0 Å². The summed E-state index contributed by atoms with van der Waals surface area (Å²) in [6.45, 7) is 0. The van der Waals surface area contributed by atoms with Gasteiger partial charge in [0.2, 0.25) is 0 Å². The van der Waals surface area contributed by atoms with Gasteiger partial charge in [0.1, 0.15) is 11.4 Å². The van der Waals surface area contributed by atoms with Crippen LogP contribution in [0.2, 0.25) is 0 Å². The summed E-state index contributed by atoms with van der Waals surface area (Å²) in [4.78, 5) is 21.2. The van der Waals surface area contributed by atoms with E-state index in [1.807, 2.05) is 31.1 Å². The number of anilines is 1. The molecule has 3 aromatic heterocycles. The van der Waals surface area contributed by atoms with E-state index in [-0.39, 0.29) is 0 Å². The van der Waals surface area contributed by atoms with Gasteiger partial charge in [-0.25, -0.2) is 15.0 Å². The lowest BCUT2D eigenvalue weighted by atomic mass is 10.2. The van der Waals surface area contributed by atoms with E-state index in [1.54, 1.807) is 24.8 Å². The molecule has 6 nitrogen and oxygen atoms in total. The Balaban J connectivity index is 2.15. The van der Waals surface area contributed by atoms with Crippen LogP contribution >= 0.6 is 0 Å². The third-order valence-corrected chi connectivity index (χ3v) is 2.81. The van der Waals surface area contributed by atoms with Crippen molar-refractivity contribution < 1.29 is 0 Å². The Hall–Kier alpha value is -2.63. The molecule has 0 aliphatic rings. The number of H-pyrrole nitrogens is 2. The van der Waals surface area contributed by atoms with Crippen molar-refractivity contribution in [2.75, 3.05) is 19.0 Å². The van der Waals surface area contributed by atoms with Crippen LogP contribution in [0.25, 0.3) is 23.0 Å². The van der Waals surface area contributed by atoms with Crippen LogP contribution in [0.3, 0.4) is 0 Å². The van der Waals surface area contributed by atoms with E-state index in [0.717, 1.165) is 28.7 Å². The van der Waals surface area contributed by atoms with Gasteiger partial charge in [-0.15, -0.1) is 0 Å². The third-order valence-electron chi connectivity index (χ3n) is 2.81. The quantitative estimate of drug-likeness (QED) is 0.749. The second-order valence-corrected chi connectivity index (χ2v) is 4.37. The van der Waals surface area contributed by atoms with Gasteiger partial charge >= 0.3 is 0 Å². The maximum atomic E-state index is 4.59. The summed E-state index contributed by atoms with van der Waals surface area (Å²) in [5.41, 5.74) is 2.64. The van der Waals surface area contributed by atoms with Crippen molar-refractivity contribution in [1.29, 1.82) is 0 Å². The Morgan fingerprint density at radius 1 is 0.895 bits per heavy atom. The number of hydrogen-bond donors (Lipinski definition) is 2. The SMILES string of the molecule is CN(C)c1cc(-c2ncc[nH]2)nc(-c2ncc[nH]2)c1. The van der Waals surface area contributed by atoms with Crippen molar-refractivity contribution in [3.63, 3.8) is 0 Å². The van der Waals surface area contributed by atoms with Crippen molar-refractivity contribution in [3.05, 3.63) is 36.9 Å². The van der Waals surface area contributed by atoms with Gasteiger partial charge in [-0.3, -0.25) is 0 Å². The van der Waals surface area contributed by atoms with E-state index >= 15 is 0 Å². The van der Waals surface area contributed by atoms with Crippen LogP contribution in [0.1, 0.15) is 0 Å². The molecule has 3 rings (SSSR count). The van der Waals surface area contributed by atoms with Gasteiger partial charge in [0, 0.05) is 44.6 Å². The number of hydrogen-bond acceptors (Lipinski definition) is 4. The molecule has 3 heterocycles. The predicted molar refractivity (Wildman–Crippen MR) is 73.7 cm³/mol. The summed E-state index contributed by atoms with van der Waals surface area (Å²) in [6.07, 6.45) is 7.00. The molecule has 6 heteroatoms. The zero-order valence-electron chi connectivity index (χ0n) is 10.8. The second kappa shape index (κ2) is 4.56. The van der Waals surface area contributed by atoms with E-state index in [2.05, 4.69) is 24.9 Å². The van der Waals surface area contributed by atoms with Crippen molar-refractivity contribution >= 4 is 5.69 Å². The average molecular weight is 254 g/mol. The standard InChI is InChI=1S/C13H14N6/c1-19(2)9-7-10(12-14-3-4-15-12)18-11(8-9)13-16-5-6-17-13/h3-8H,1-2H3,(H,14,15)(H,16,17). The van der Waals surface area contributed by atoms with Gasteiger partial charge in [-0.2, -0.15) is 0 Å². The van der Waals surface area contributed by atoms with Crippen LogP contribution in [-0.2, 0) is 0 Å². The smallest absolute Gasteiger partial charge is 0.156 e. The normalized spacial score (nSPS) is 10.6. The molecule has 0 atom stereocenters. The van der Waals surface area contributed by atoms with Gasteiger partial charge in [0.15, 0.2) is 11.6 Å². The van der Waals surface area contributed by atoms with Gasteiger partial charge in [-0.1, -0.05) is 0 Å². The second-order valence-electron chi connectivity index (χ2n) is 4.37. The summed E-state index contributed by atoms with van der Waals surface area (Å²) in [6, 6.07) is 3.98. The minimum absolute atomic E-state index is 0.747. The molecule has 0 fully saturated rings. The Bertz CT molecular complexity index is 602. The zero-order valence-corrected chi connectivity index (χ0v) is 10.8. The molecule has 0 amide bonds. The van der Waals surface area contributed by atoms with Gasteiger partial charge in [0.25, 0.3) is 0 Å². The Morgan fingerprint density at radius 2 is 1.42 bits per heavy atom. The molecule has 96 valence electrons. The Labute approximate surface area is 110 Å². The van der Waals surface area contributed by atoms with E-state index in [0.29, 0.717) is 0 Å². The molecule has 2 N–H and O–H groups in total. The maximum absolute atomic E-state index is 4.59. The molecular formula is C13H14N6. The number of nitrogens with one attached hydrogen (secondary N) is 2. The molecule has 3 aromatic rings. The monoisotopic (exact) mass is 254 g/mol. The van der Waals surface area contributed by atoms with Crippen LogP contribution in [0.5, 0.6) is 0 Å². The van der Waals surface area contributed by atoms with Crippen LogP contribution in [0, 0.1) is 0 Å². The molecule has 19 heavy (non-hydrogen) atoms. The molecule has 0 saturated carbocycles. The molecule has 0 saturated heterocycles. The van der Waals surface area contributed by atoms with Gasteiger partial charge < -0.3 is 14.9 Å². The van der Waals surface area contributed by atoms with E-state index in [4.69, 9.17) is 0 Å². The molecule has 0 spiro atoms. The highest BCUT2D eigenvalue weighted by Crippen LogP contribution is 2.24. The first-order valence-corrected chi connectivity index (χ1v) is 5.93. The topological polar surface area (TPSA) is 73.5 Å². The lowest BCUT2D eigenvalue weighted by Crippen LogP contribution is -2.09. The van der Waals surface area contributed by atoms with Crippen molar-refractivity contribution in [2.45, 2.75) is 0 Å². The molecule has 0 aliphatic heterocycles. The number of aromatic nitrogens is 5. The first kappa shape index (κ1) is 11.5. The number of pyridine rings is 1. The number of rotatable bonds is 3. The molecule has 0 radical (unpaired) electrons. The molecule has 0 aromatic carbocycles. The van der Waals surface area contributed by atoms with Crippen LogP contribution < -0.4 is 4.90 Å². The Kier molecular flexibility index (Phi) is 2.75. The minimum atomic E-state index is 0.747. The number of imidazole rings is 2. The van der Waals surface area contributed by atoms with Crippen molar-refractivity contribution in [2.24, 2.45) is 0 Å². The fourth-order valence-electron chi connectivity index (χ4n) is 1.83. The number of nitrogens with zero attached hydrogens (tertiary/aromatic N) is 4. The van der Waals surface area contributed by atoms with E-state index in [9.17, 15) is 0 Å². The first-order valence-electron chi connectivity index (χ1n) is 5.93. The van der Waals surface area contributed by atoms with Crippen molar-refractivity contribution in [3.8, 4) is 23.0 Å². The highest BCUT2D eigenvalue weighted by Gasteiger charge is 2.10. The zero-order chi connectivity index (χ0) is 13.2. The third kappa shape index (κ3) is 2.20. The largest absolute Gasteiger partial charge is 0.378 e. The fraction of sp³-hybridized carbons (Fsp3) is 0.154. The van der Waals surface area contributed by atoms with E-state index in [1.165, 1.54) is 0 Å². The van der Waals surface area contributed by atoms with Crippen LogP contribution in [0.15, 0.2) is 36.9 Å². The average Bonchev–Trinajstić information content (AvgIpc) is 3.11. The number of aromatic amines is 2. The molecular weight excluding hydrogens is 240 g/mol. The maximum Gasteiger partial charge on any atom is 0.156 e. The van der Waals surface area contributed by atoms with Gasteiger partial charge in [0.05, 0.1) is 0 Å². The van der Waals surface area contributed by atoms with Gasteiger partial charge in [-0.05, 0) is 12.1 Å². The summed E-state index contributed by atoms with van der Waals surface area (Å²) >= 11 is 0. The summed E-state index contributed by atoms with van der Waals surface area (Å²) in [7, 11) is 3.99. The van der Waals surface area contributed by atoms with Crippen molar-refractivity contribution in [1.82, 2.24) is 24.9 Å². The minimum Gasteiger partial charge on any atom is -0.378 e. The summed E-state index contributed by atoms with van der Waals surface area (Å²) < 4.78 is 0.